The average Bonchev–Trinajstić information content (AvgIpc) is 2.16. The number of nitro groups is 1. The fourth-order valence-electron chi connectivity index (χ4n) is 1.41. The lowest BCUT2D eigenvalue weighted by molar-refractivity contribution is -0.385. The zero-order valence-electron chi connectivity index (χ0n) is 8.75. The molecular formula is C10H12N2O4. The van der Waals surface area contributed by atoms with Crippen molar-refractivity contribution < 1.29 is 14.5 Å². The van der Waals surface area contributed by atoms with Gasteiger partial charge in [0.05, 0.1) is 4.92 Å². The lowest BCUT2D eigenvalue weighted by Crippen LogP contribution is -2.22. The highest BCUT2D eigenvalue weighted by atomic mass is 16.6. The van der Waals surface area contributed by atoms with Gasteiger partial charge in [-0.1, -0.05) is 18.2 Å². The summed E-state index contributed by atoms with van der Waals surface area (Å²) in [5.41, 5.74) is 5.38. The number of rotatable bonds is 4. The molecule has 1 aromatic rings. The largest absolute Gasteiger partial charge is 0.446 e. The van der Waals surface area contributed by atoms with Crippen LogP contribution in [0.25, 0.3) is 0 Å². The van der Waals surface area contributed by atoms with Crippen LogP contribution in [0.4, 0.5) is 10.5 Å². The molecule has 6 nitrogen and oxygen atoms in total. The van der Waals surface area contributed by atoms with Gasteiger partial charge in [-0.15, -0.1) is 0 Å². The van der Waals surface area contributed by atoms with Gasteiger partial charge in [-0.3, -0.25) is 10.1 Å². The SMILES string of the molecule is CC(Cc1ccccc1[N+](=O)[O-])OC(N)=O. The van der Waals surface area contributed by atoms with Crippen LogP contribution < -0.4 is 5.73 Å². The second-order valence-electron chi connectivity index (χ2n) is 3.34. The summed E-state index contributed by atoms with van der Waals surface area (Å²) >= 11 is 0. The van der Waals surface area contributed by atoms with Crippen LogP contribution >= 0.6 is 0 Å². The van der Waals surface area contributed by atoms with E-state index in [1.54, 1.807) is 25.1 Å². The summed E-state index contributed by atoms with van der Waals surface area (Å²) in [6.45, 7) is 1.63. The van der Waals surface area contributed by atoms with Crippen LogP contribution in [0.2, 0.25) is 0 Å². The summed E-state index contributed by atoms with van der Waals surface area (Å²) < 4.78 is 4.71. The molecule has 1 aromatic carbocycles. The minimum atomic E-state index is -0.883. The van der Waals surface area contributed by atoms with Gasteiger partial charge in [-0.25, -0.2) is 4.79 Å². The van der Waals surface area contributed by atoms with Crippen LogP contribution in [0, 0.1) is 10.1 Å². The van der Waals surface area contributed by atoms with Crippen molar-refractivity contribution in [3.8, 4) is 0 Å². The number of carbonyl (C=O) groups excluding carboxylic acids is 1. The highest BCUT2D eigenvalue weighted by Crippen LogP contribution is 2.19. The molecule has 1 rings (SSSR count). The lowest BCUT2D eigenvalue weighted by atomic mass is 10.1. The molecule has 0 bridgehead atoms. The molecule has 0 heterocycles. The maximum absolute atomic E-state index is 10.7. The highest BCUT2D eigenvalue weighted by molar-refractivity contribution is 5.64. The number of carbonyl (C=O) groups is 1. The maximum Gasteiger partial charge on any atom is 0.404 e. The smallest absolute Gasteiger partial charge is 0.404 e. The standard InChI is InChI=1S/C10H12N2O4/c1-7(16-10(11)13)6-8-4-2-3-5-9(8)12(14)15/h2-5,7H,6H2,1H3,(H2,11,13). The number of primary amides is 1. The van der Waals surface area contributed by atoms with Gasteiger partial charge in [0.2, 0.25) is 0 Å². The number of ether oxygens (including phenoxy) is 1. The van der Waals surface area contributed by atoms with Crippen LogP contribution in [0.5, 0.6) is 0 Å². The van der Waals surface area contributed by atoms with E-state index in [9.17, 15) is 14.9 Å². The number of amides is 1. The zero-order chi connectivity index (χ0) is 12.1. The third-order valence-electron chi connectivity index (χ3n) is 2.01. The summed E-state index contributed by atoms with van der Waals surface area (Å²) in [5, 5.41) is 10.7. The molecule has 2 N–H and O–H groups in total. The van der Waals surface area contributed by atoms with E-state index < -0.39 is 17.1 Å². The molecule has 0 fully saturated rings. The molecule has 6 heteroatoms. The van der Waals surface area contributed by atoms with Crippen LogP contribution in [0.3, 0.4) is 0 Å². The molecule has 0 aromatic heterocycles. The Balaban J connectivity index is 2.80. The van der Waals surface area contributed by atoms with Gasteiger partial charge < -0.3 is 10.5 Å². The Morgan fingerprint density at radius 2 is 2.19 bits per heavy atom. The normalized spacial score (nSPS) is 11.8. The first-order chi connectivity index (χ1) is 7.50. The number of nitrogens with two attached hydrogens (primary N) is 1. The molecule has 0 aliphatic carbocycles. The first kappa shape index (κ1) is 12.0. The number of nitro benzene ring substituents is 1. The van der Waals surface area contributed by atoms with Crippen molar-refractivity contribution in [2.45, 2.75) is 19.4 Å². The molecule has 1 unspecified atom stereocenters. The Morgan fingerprint density at radius 1 is 1.56 bits per heavy atom. The molecule has 16 heavy (non-hydrogen) atoms. The zero-order valence-corrected chi connectivity index (χ0v) is 8.75. The van der Waals surface area contributed by atoms with Crippen molar-refractivity contribution in [2.24, 2.45) is 5.73 Å². The van der Waals surface area contributed by atoms with Gasteiger partial charge in [-0.05, 0) is 6.92 Å². The third kappa shape index (κ3) is 3.23. The fourth-order valence-corrected chi connectivity index (χ4v) is 1.41. The predicted molar refractivity (Wildman–Crippen MR) is 56.9 cm³/mol. The summed E-state index contributed by atoms with van der Waals surface area (Å²) in [7, 11) is 0. The predicted octanol–water partition coefficient (Wildman–Crippen LogP) is 1.62. The van der Waals surface area contributed by atoms with Gasteiger partial charge in [0, 0.05) is 18.1 Å². The molecular weight excluding hydrogens is 212 g/mol. The maximum atomic E-state index is 10.7. The molecule has 86 valence electrons. The molecule has 0 aliphatic heterocycles. The molecule has 0 saturated carbocycles. The molecule has 0 aliphatic rings. The van der Waals surface area contributed by atoms with Gasteiger partial charge in [0.25, 0.3) is 5.69 Å². The Bertz CT molecular complexity index is 406. The summed E-state index contributed by atoms with van der Waals surface area (Å²) in [5.74, 6) is 0. The first-order valence-electron chi connectivity index (χ1n) is 4.69. The number of para-hydroxylation sites is 1. The van der Waals surface area contributed by atoms with E-state index in [2.05, 4.69) is 0 Å². The van der Waals surface area contributed by atoms with Crippen molar-refractivity contribution in [2.75, 3.05) is 0 Å². The van der Waals surface area contributed by atoms with Crippen molar-refractivity contribution >= 4 is 11.8 Å². The number of benzene rings is 1. The lowest BCUT2D eigenvalue weighted by Gasteiger charge is -2.11. The second-order valence-corrected chi connectivity index (χ2v) is 3.34. The quantitative estimate of drug-likeness (QED) is 0.620. The van der Waals surface area contributed by atoms with Gasteiger partial charge in [-0.2, -0.15) is 0 Å². The van der Waals surface area contributed by atoms with Gasteiger partial charge >= 0.3 is 6.09 Å². The number of hydrogen-bond donors (Lipinski definition) is 1. The monoisotopic (exact) mass is 224 g/mol. The van der Waals surface area contributed by atoms with Crippen molar-refractivity contribution in [1.82, 2.24) is 0 Å². The van der Waals surface area contributed by atoms with E-state index in [0.29, 0.717) is 5.56 Å². The van der Waals surface area contributed by atoms with E-state index in [1.165, 1.54) is 6.07 Å². The van der Waals surface area contributed by atoms with E-state index in [1.807, 2.05) is 0 Å². The molecule has 1 amide bonds. The van der Waals surface area contributed by atoms with Crippen LogP contribution in [-0.2, 0) is 11.2 Å². The molecule has 0 radical (unpaired) electrons. The van der Waals surface area contributed by atoms with Crippen LogP contribution in [0.1, 0.15) is 12.5 Å². The fraction of sp³-hybridized carbons (Fsp3) is 0.300. The summed E-state index contributed by atoms with van der Waals surface area (Å²) in [4.78, 5) is 20.7. The summed E-state index contributed by atoms with van der Waals surface area (Å²) in [6, 6.07) is 6.31. The van der Waals surface area contributed by atoms with Crippen molar-refractivity contribution in [3.63, 3.8) is 0 Å². The van der Waals surface area contributed by atoms with Crippen molar-refractivity contribution in [1.29, 1.82) is 0 Å². The topological polar surface area (TPSA) is 95.5 Å². The molecule has 0 saturated heterocycles. The third-order valence-corrected chi connectivity index (χ3v) is 2.01. The Labute approximate surface area is 92.2 Å². The van der Waals surface area contributed by atoms with Gasteiger partial charge in [0.15, 0.2) is 0 Å². The van der Waals surface area contributed by atoms with Crippen LogP contribution in [-0.4, -0.2) is 17.1 Å². The Hall–Kier alpha value is -2.11. The molecule has 0 spiro atoms. The highest BCUT2D eigenvalue weighted by Gasteiger charge is 2.16. The minimum absolute atomic E-state index is 0.0161. The van der Waals surface area contributed by atoms with E-state index in [4.69, 9.17) is 10.5 Å². The minimum Gasteiger partial charge on any atom is -0.446 e. The molecule has 1 atom stereocenters. The van der Waals surface area contributed by atoms with Gasteiger partial charge in [0.1, 0.15) is 6.10 Å². The van der Waals surface area contributed by atoms with E-state index >= 15 is 0 Å². The number of nitrogens with zero attached hydrogens (tertiary/aromatic N) is 1. The number of hydrogen-bond acceptors (Lipinski definition) is 4. The van der Waals surface area contributed by atoms with Crippen LogP contribution in [0.15, 0.2) is 24.3 Å². The van der Waals surface area contributed by atoms with Crippen molar-refractivity contribution in [3.05, 3.63) is 39.9 Å². The Morgan fingerprint density at radius 3 is 2.75 bits per heavy atom. The average molecular weight is 224 g/mol. The first-order valence-corrected chi connectivity index (χ1v) is 4.69. The van der Waals surface area contributed by atoms with E-state index in [0.717, 1.165) is 0 Å². The second kappa shape index (κ2) is 5.11. The Kier molecular flexibility index (Phi) is 3.82. The van der Waals surface area contributed by atoms with E-state index in [-0.39, 0.29) is 12.1 Å². The summed E-state index contributed by atoms with van der Waals surface area (Å²) in [6.07, 6.45) is -1.11.